The normalized spacial score (nSPS) is 21.3. The van der Waals surface area contributed by atoms with Crippen LogP contribution in [0.15, 0.2) is 60.8 Å². The minimum absolute atomic E-state index is 0.0602. The lowest BCUT2D eigenvalue weighted by molar-refractivity contribution is -0.144. The summed E-state index contributed by atoms with van der Waals surface area (Å²) in [6.45, 7) is -0.293. The van der Waals surface area contributed by atoms with Crippen molar-refractivity contribution in [2.24, 2.45) is 5.92 Å². The lowest BCUT2D eigenvalue weighted by atomic mass is 10.1. The molecule has 6 rings (SSSR count). The number of esters is 1. The minimum atomic E-state index is -0.435. The predicted molar refractivity (Wildman–Crippen MR) is 120 cm³/mol. The van der Waals surface area contributed by atoms with Crippen LogP contribution in [0.3, 0.4) is 0 Å². The number of hydrogen-bond acceptors (Lipinski definition) is 7. The first-order valence-electron chi connectivity index (χ1n) is 11.1. The smallest absolute Gasteiger partial charge is 0.313 e. The van der Waals surface area contributed by atoms with Gasteiger partial charge in [0.2, 0.25) is 5.91 Å². The van der Waals surface area contributed by atoms with Gasteiger partial charge in [-0.15, -0.1) is 0 Å². The Morgan fingerprint density at radius 3 is 2.79 bits per heavy atom. The molecule has 0 saturated heterocycles. The fourth-order valence-corrected chi connectivity index (χ4v) is 4.61. The molecule has 0 spiro atoms. The number of carbonyl (C=O) groups excluding carboxylic acids is 3. The molecule has 2 aromatic carbocycles. The largest absolute Gasteiger partial charge is 0.489 e. The summed E-state index contributed by atoms with van der Waals surface area (Å²) < 4.78 is 17.3. The van der Waals surface area contributed by atoms with Crippen molar-refractivity contribution in [3.63, 3.8) is 0 Å². The standard InChI is InChI=1S/C26H20N2O6/c29-18(14-4-2-1-3-5-14)13-32-26(31)23-22-17-12-15(6-8-19(17)34-24(22)23)33-20-10-11-27-25-16(20)7-9-21(30)28-25/h1-6,8,10-12,22-24H,7,9,13H2,(H,27,28,30). The molecule has 0 radical (unpaired) electrons. The highest BCUT2D eigenvalue weighted by molar-refractivity contribution is 5.98. The molecule has 8 nitrogen and oxygen atoms in total. The van der Waals surface area contributed by atoms with Gasteiger partial charge in [-0.05, 0) is 30.7 Å². The van der Waals surface area contributed by atoms with E-state index in [1.54, 1.807) is 36.5 Å². The molecule has 1 N–H and O–H groups in total. The van der Waals surface area contributed by atoms with Gasteiger partial charge in [-0.1, -0.05) is 30.3 Å². The number of fused-ring (bicyclic) bond motifs is 4. The number of Topliss-reactive ketones (excluding diaryl/α,β-unsaturated/α-hetero) is 1. The van der Waals surface area contributed by atoms with Crippen molar-refractivity contribution in [2.45, 2.75) is 24.9 Å². The molecular weight excluding hydrogens is 436 g/mol. The monoisotopic (exact) mass is 456 g/mol. The maximum absolute atomic E-state index is 12.6. The Morgan fingerprint density at radius 1 is 1.09 bits per heavy atom. The van der Waals surface area contributed by atoms with Crippen LogP contribution in [0, 0.1) is 5.92 Å². The van der Waals surface area contributed by atoms with Gasteiger partial charge < -0.3 is 19.5 Å². The third kappa shape index (κ3) is 3.57. The van der Waals surface area contributed by atoms with Crippen molar-refractivity contribution in [2.75, 3.05) is 11.9 Å². The number of amides is 1. The first kappa shape index (κ1) is 20.4. The first-order chi connectivity index (χ1) is 16.6. The topological polar surface area (TPSA) is 104 Å². The molecule has 1 aromatic heterocycles. The highest BCUT2D eigenvalue weighted by Crippen LogP contribution is 2.59. The summed E-state index contributed by atoms with van der Waals surface area (Å²) in [6, 6.07) is 16.0. The van der Waals surface area contributed by atoms with Crippen LogP contribution >= 0.6 is 0 Å². The molecule has 8 heteroatoms. The van der Waals surface area contributed by atoms with Crippen LogP contribution in [0.5, 0.6) is 17.2 Å². The minimum Gasteiger partial charge on any atom is -0.489 e. The van der Waals surface area contributed by atoms with E-state index in [2.05, 4.69) is 10.3 Å². The fraction of sp³-hybridized carbons (Fsp3) is 0.231. The highest BCUT2D eigenvalue weighted by Gasteiger charge is 2.63. The molecule has 3 unspecified atom stereocenters. The zero-order valence-corrected chi connectivity index (χ0v) is 18.0. The lowest BCUT2D eigenvalue weighted by Crippen LogP contribution is -2.20. The molecule has 34 heavy (non-hydrogen) atoms. The second kappa shape index (κ2) is 7.98. The van der Waals surface area contributed by atoms with Gasteiger partial charge in [0.1, 0.15) is 35.1 Å². The van der Waals surface area contributed by atoms with Crippen molar-refractivity contribution >= 4 is 23.5 Å². The second-order valence-corrected chi connectivity index (χ2v) is 8.52. The quantitative estimate of drug-likeness (QED) is 0.446. The van der Waals surface area contributed by atoms with Gasteiger partial charge >= 0.3 is 5.97 Å². The van der Waals surface area contributed by atoms with Gasteiger partial charge in [-0.3, -0.25) is 14.4 Å². The number of ether oxygens (including phenoxy) is 3. The van der Waals surface area contributed by atoms with Crippen LogP contribution in [0.2, 0.25) is 0 Å². The van der Waals surface area contributed by atoms with E-state index < -0.39 is 11.9 Å². The summed E-state index contributed by atoms with van der Waals surface area (Å²) in [4.78, 5) is 40.7. The van der Waals surface area contributed by atoms with E-state index >= 15 is 0 Å². The SMILES string of the molecule is O=C1CCc2c(Oc3ccc4c(c3)C3C(O4)C3C(=O)OCC(=O)c3ccccc3)ccnc2N1. The molecule has 1 saturated carbocycles. The number of carbonyl (C=O) groups is 3. The zero-order chi connectivity index (χ0) is 23.2. The summed E-state index contributed by atoms with van der Waals surface area (Å²) in [5, 5.41) is 2.76. The molecular formula is C26H20N2O6. The Kier molecular flexibility index (Phi) is 4.79. The fourth-order valence-electron chi connectivity index (χ4n) is 4.61. The molecule has 1 fully saturated rings. The Labute approximate surface area is 194 Å². The summed E-state index contributed by atoms with van der Waals surface area (Å²) in [5.41, 5.74) is 2.25. The number of rotatable bonds is 6. The number of pyridine rings is 1. The van der Waals surface area contributed by atoms with Crippen LogP contribution in [-0.2, 0) is 20.7 Å². The van der Waals surface area contributed by atoms with Gasteiger partial charge in [-0.25, -0.2) is 4.98 Å². The average molecular weight is 456 g/mol. The van der Waals surface area contributed by atoms with Crippen LogP contribution in [0.4, 0.5) is 5.82 Å². The summed E-state index contributed by atoms with van der Waals surface area (Å²) in [7, 11) is 0. The molecule has 0 bridgehead atoms. The summed E-state index contributed by atoms with van der Waals surface area (Å²) >= 11 is 0. The zero-order valence-electron chi connectivity index (χ0n) is 18.0. The van der Waals surface area contributed by atoms with Crippen LogP contribution in [0.25, 0.3) is 0 Å². The molecule has 170 valence electrons. The lowest BCUT2D eigenvalue weighted by Gasteiger charge is -2.19. The number of anilines is 1. The Balaban J connectivity index is 1.14. The molecule has 3 aromatic rings. The number of hydrogen-bond donors (Lipinski definition) is 1. The molecule has 3 aliphatic rings. The maximum atomic E-state index is 12.6. The molecule has 1 aliphatic carbocycles. The number of nitrogens with one attached hydrogen (secondary N) is 1. The van der Waals surface area contributed by atoms with Crippen molar-refractivity contribution in [1.82, 2.24) is 4.98 Å². The van der Waals surface area contributed by atoms with Gasteiger partial charge in [-0.2, -0.15) is 0 Å². The van der Waals surface area contributed by atoms with Gasteiger partial charge in [0.15, 0.2) is 12.4 Å². The predicted octanol–water partition coefficient (Wildman–Crippen LogP) is 3.66. The van der Waals surface area contributed by atoms with Crippen LogP contribution < -0.4 is 14.8 Å². The third-order valence-corrected chi connectivity index (χ3v) is 6.37. The van der Waals surface area contributed by atoms with E-state index in [0.717, 1.165) is 16.9 Å². The van der Waals surface area contributed by atoms with Crippen LogP contribution in [-0.4, -0.2) is 35.4 Å². The van der Waals surface area contributed by atoms with Crippen molar-refractivity contribution in [3.05, 3.63) is 77.5 Å². The van der Waals surface area contributed by atoms with Gasteiger partial charge in [0.25, 0.3) is 0 Å². The molecule has 1 amide bonds. The third-order valence-electron chi connectivity index (χ3n) is 6.37. The second-order valence-electron chi connectivity index (χ2n) is 8.52. The van der Waals surface area contributed by atoms with E-state index in [1.807, 2.05) is 24.3 Å². The van der Waals surface area contributed by atoms with E-state index in [0.29, 0.717) is 35.7 Å². The Bertz CT molecular complexity index is 1320. The van der Waals surface area contributed by atoms with E-state index in [4.69, 9.17) is 14.2 Å². The number of aromatic nitrogens is 1. The van der Waals surface area contributed by atoms with Crippen molar-refractivity contribution < 1.29 is 28.6 Å². The molecule has 2 aliphatic heterocycles. The first-order valence-corrected chi connectivity index (χ1v) is 11.1. The number of nitrogens with zero attached hydrogens (tertiary/aromatic N) is 1. The molecule has 3 heterocycles. The van der Waals surface area contributed by atoms with Crippen LogP contribution in [0.1, 0.15) is 33.8 Å². The van der Waals surface area contributed by atoms with E-state index in [-0.39, 0.29) is 30.3 Å². The number of benzene rings is 2. The van der Waals surface area contributed by atoms with Gasteiger partial charge in [0.05, 0.1) is 0 Å². The Hall–Kier alpha value is -4.20. The van der Waals surface area contributed by atoms with Crippen molar-refractivity contribution in [1.29, 1.82) is 0 Å². The van der Waals surface area contributed by atoms with Crippen molar-refractivity contribution in [3.8, 4) is 17.2 Å². The highest BCUT2D eigenvalue weighted by atomic mass is 16.5. The maximum Gasteiger partial charge on any atom is 0.313 e. The van der Waals surface area contributed by atoms with Gasteiger partial charge in [0, 0.05) is 35.2 Å². The molecule has 3 atom stereocenters. The average Bonchev–Trinajstić information content (AvgIpc) is 3.45. The number of ketones is 1. The Morgan fingerprint density at radius 2 is 1.94 bits per heavy atom. The summed E-state index contributed by atoms with van der Waals surface area (Å²) in [5.74, 6) is 1.18. The van der Waals surface area contributed by atoms with E-state index in [9.17, 15) is 14.4 Å². The summed E-state index contributed by atoms with van der Waals surface area (Å²) in [6.07, 6.45) is 2.25. The van der Waals surface area contributed by atoms with E-state index in [1.165, 1.54) is 0 Å².